The van der Waals surface area contributed by atoms with Crippen LogP contribution in [-0.2, 0) is 0 Å². The summed E-state index contributed by atoms with van der Waals surface area (Å²) in [6.45, 7) is 0. The van der Waals surface area contributed by atoms with E-state index >= 15 is 0 Å². The molecule has 0 atom stereocenters. The van der Waals surface area contributed by atoms with E-state index in [9.17, 15) is 39.9 Å². The first-order chi connectivity index (χ1) is 15.2. The van der Waals surface area contributed by atoms with Crippen molar-refractivity contribution in [1.29, 1.82) is 0 Å². The van der Waals surface area contributed by atoms with Gasteiger partial charge in [0.15, 0.2) is 0 Å². The minimum atomic E-state index is -1.17. The van der Waals surface area contributed by atoms with Gasteiger partial charge in [-0.3, -0.25) is 40.1 Å². The third-order valence-corrected chi connectivity index (χ3v) is 4.01. The quantitative estimate of drug-likeness (QED) is 0.408. The smallest absolute Gasteiger partial charge is 0.357 e. The average Bonchev–Trinajstić information content (AvgIpc) is 2.71. The highest BCUT2D eigenvalue weighted by Gasteiger charge is 2.21. The molecule has 3 aromatic rings. The zero-order chi connectivity index (χ0) is 23.4. The minimum Gasteiger partial charge on any atom is -0.450 e. The largest absolute Gasteiger partial charge is 0.450 e. The molecule has 162 valence electrons. The van der Waals surface area contributed by atoms with Gasteiger partial charge in [0.05, 0.1) is 20.8 Å². The van der Waals surface area contributed by atoms with Crippen LogP contribution in [0, 0.1) is 30.3 Å². The van der Waals surface area contributed by atoms with Crippen molar-refractivity contribution in [2.24, 2.45) is 0 Å². The zero-order valence-corrected chi connectivity index (χ0v) is 15.7. The van der Waals surface area contributed by atoms with Gasteiger partial charge in [-0.05, 0) is 29.8 Å². The summed E-state index contributed by atoms with van der Waals surface area (Å²) in [5.74, 6) is -0.116. The molecule has 0 fully saturated rings. The van der Waals surface area contributed by atoms with Crippen molar-refractivity contribution >= 4 is 29.2 Å². The van der Waals surface area contributed by atoms with Crippen molar-refractivity contribution in [2.75, 3.05) is 0 Å². The highest BCUT2D eigenvalue weighted by Crippen LogP contribution is 2.34. The van der Waals surface area contributed by atoms with Gasteiger partial charge in [-0.25, -0.2) is 4.79 Å². The molecule has 1 heterocycles. The number of H-pyrrole nitrogens is 2. The molecule has 0 aliphatic rings. The average molecular weight is 441 g/mol. The Morgan fingerprint density at radius 2 is 1.59 bits per heavy atom. The maximum absolute atomic E-state index is 11.7. The molecule has 0 aliphatic carbocycles. The molecule has 3 rings (SSSR count). The molecule has 0 saturated carbocycles. The summed E-state index contributed by atoms with van der Waals surface area (Å²) in [5.41, 5.74) is -3.96. The van der Waals surface area contributed by atoms with Crippen LogP contribution in [0.3, 0.4) is 0 Å². The highest BCUT2D eigenvalue weighted by atomic mass is 16.6. The molecule has 0 aliphatic heterocycles. The lowest BCUT2D eigenvalue weighted by atomic mass is 10.2. The number of benzene rings is 2. The van der Waals surface area contributed by atoms with Crippen LogP contribution in [0.25, 0.3) is 12.2 Å². The second-order valence-electron chi connectivity index (χ2n) is 6.10. The maximum Gasteiger partial charge on any atom is 0.357 e. The summed E-state index contributed by atoms with van der Waals surface area (Å²) in [6, 6.07) is 8.85. The Bertz CT molecular complexity index is 1390. The molecule has 14 nitrogen and oxygen atoms in total. The SMILES string of the molecule is O=c1[nH]c(/C=C\c2cccc(Oc3ccc([N+](=O)[O-])cc3[N+](=O)[O-])c2)c([N+](=O)[O-])c(=O)[nH]1. The number of non-ortho nitro benzene ring substituents is 1. The number of aromatic amines is 2. The number of nitro groups is 3. The number of hydrogen-bond donors (Lipinski definition) is 2. The molecule has 2 aromatic carbocycles. The standard InChI is InChI=1S/C18H11N5O9/c24-17-16(23(30)31)13(19-18(25)20-17)6-4-10-2-1-3-12(8-10)32-15-7-5-11(21(26)27)9-14(15)22(28)29/h1-9H,(H2,19,20,24,25)/b6-4-. The van der Waals surface area contributed by atoms with Crippen LogP contribution < -0.4 is 16.0 Å². The molecule has 14 heteroatoms. The summed E-state index contributed by atoms with van der Waals surface area (Å²) >= 11 is 0. The van der Waals surface area contributed by atoms with Crippen molar-refractivity contribution in [2.45, 2.75) is 0 Å². The fourth-order valence-corrected chi connectivity index (χ4v) is 2.64. The second-order valence-corrected chi connectivity index (χ2v) is 6.10. The van der Waals surface area contributed by atoms with Gasteiger partial charge in [-0.1, -0.05) is 18.2 Å². The number of ether oxygens (including phenoxy) is 1. The first kappa shape index (κ1) is 21.6. The van der Waals surface area contributed by atoms with Gasteiger partial charge in [0.2, 0.25) is 5.75 Å². The molecule has 0 saturated heterocycles. The number of hydrogen-bond acceptors (Lipinski definition) is 9. The van der Waals surface area contributed by atoms with Gasteiger partial charge in [-0.15, -0.1) is 0 Å². The lowest BCUT2D eigenvalue weighted by molar-refractivity contribution is -0.394. The lowest BCUT2D eigenvalue weighted by Crippen LogP contribution is -2.25. The van der Waals surface area contributed by atoms with E-state index in [2.05, 4.69) is 4.98 Å². The highest BCUT2D eigenvalue weighted by molar-refractivity contribution is 5.72. The van der Waals surface area contributed by atoms with Gasteiger partial charge in [0, 0.05) is 6.07 Å². The molecule has 0 bridgehead atoms. The first-order valence-electron chi connectivity index (χ1n) is 8.55. The van der Waals surface area contributed by atoms with Crippen LogP contribution in [0.15, 0.2) is 52.1 Å². The van der Waals surface area contributed by atoms with E-state index in [4.69, 9.17) is 4.74 Å². The summed E-state index contributed by atoms with van der Waals surface area (Å²) in [7, 11) is 0. The number of nitro benzene ring substituents is 2. The zero-order valence-electron chi connectivity index (χ0n) is 15.7. The van der Waals surface area contributed by atoms with Crippen molar-refractivity contribution < 1.29 is 19.5 Å². The molecular formula is C18H11N5O9. The van der Waals surface area contributed by atoms with Gasteiger partial charge in [-0.2, -0.15) is 0 Å². The number of aromatic nitrogens is 2. The summed E-state index contributed by atoms with van der Waals surface area (Å²) in [6.07, 6.45) is 2.48. The monoisotopic (exact) mass is 441 g/mol. The third-order valence-electron chi connectivity index (χ3n) is 4.01. The second kappa shape index (κ2) is 8.70. The van der Waals surface area contributed by atoms with Gasteiger partial charge in [0.25, 0.3) is 5.69 Å². The van der Waals surface area contributed by atoms with E-state index in [1.54, 1.807) is 11.1 Å². The van der Waals surface area contributed by atoms with Crippen LogP contribution in [0.4, 0.5) is 17.1 Å². The van der Waals surface area contributed by atoms with E-state index in [0.29, 0.717) is 5.56 Å². The first-order valence-corrected chi connectivity index (χ1v) is 8.55. The fourth-order valence-electron chi connectivity index (χ4n) is 2.64. The predicted molar refractivity (Wildman–Crippen MR) is 110 cm³/mol. The predicted octanol–water partition coefficient (Wildman–Crippen LogP) is 2.75. The van der Waals surface area contributed by atoms with Crippen LogP contribution >= 0.6 is 0 Å². The van der Waals surface area contributed by atoms with E-state index < -0.39 is 43.1 Å². The van der Waals surface area contributed by atoms with Gasteiger partial charge in [0.1, 0.15) is 11.4 Å². The van der Waals surface area contributed by atoms with Crippen molar-refractivity contribution in [1.82, 2.24) is 9.97 Å². The van der Waals surface area contributed by atoms with Crippen molar-refractivity contribution in [3.8, 4) is 11.5 Å². The normalized spacial score (nSPS) is 10.8. The number of nitrogens with one attached hydrogen (secondary N) is 2. The van der Waals surface area contributed by atoms with Crippen LogP contribution in [0.1, 0.15) is 11.3 Å². The van der Waals surface area contributed by atoms with Crippen molar-refractivity contribution in [3.63, 3.8) is 0 Å². The molecule has 0 spiro atoms. The Labute approximate surface area is 175 Å². The van der Waals surface area contributed by atoms with Crippen LogP contribution in [-0.4, -0.2) is 24.7 Å². The summed E-state index contributed by atoms with van der Waals surface area (Å²) in [4.78, 5) is 57.6. The van der Waals surface area contributed by atoms with Gasteiger partial charge >= 0.3 is 22.6 Å². The molecule has 0 amide bonds. The van der Waals surface area contributed by atoms with Crippen LogP contribution in [0.2, 0.25) is 0 Å². The Morgan fingerprint density at radius 3 is 2.25 bits per heavy atom. The maximum atomic E-state index is 11.7. The van der Waals surface area contributed by atoms with Gasteiger partial charge < -0.3 is 9.72 Å². The fraction of sp³-hybridized carbons (Fsp3) is 0. The van der Waals surface area contributed by atoms with E-state index in [-0.39, 0.29) is 17.2 Å². The Balaban J connectivity index is 1.94. The minimum absolute atomic E-state index is 0.123. The lowest BCUT2D eigenvalue weighted by Gasteiger charge is -2.07. The molecule has 32 heavy (non-hydrogen) atoms. The summed E-state index contributed by atoms with van der Waals surface area (Å²) in [5, 5.41) is 33.2. The van der Waals surface area contributed by atoms with Crippen molar-refractivity contribution in [3.05, 3.63) is 105 Å². The van der Waals surface area contributed by atoms with E-state index in [1.165, 1.54) is 24.3 Å². The number of rotatable bonds is 7. The summed E-state index contributed by atoms with van der Waals surface area (Å²) < 4.78 is 5.48. The molecule has 0 radical (unpaired) electrons. The van der Waals surface area contributed by atoms with Crippen LogP contribution in [0.5, 0.6) is 11.5 Å². The molecule has 2 N–H and O–H groups in total. The van der Waals surface area contributed by atoms with E-state index in [1.807, 2.05) is 0 Å². The third kappa shape index (κ3) is 4.70. The number of nitrogens with zero attached hydrogens (tertiary/aromatic N) is 3. The molecular weight excluding hydrogens is 430 g/mol. The molecule has 1 aromatic heterocycles. The molecule has 0 unspecified atom stereocenters. The topological polar surface area (TPSA) is 204 Å². The Hall–Kier alpha value is -5.14. The van der Waals surface area contributed by atoms with E-state index in [0.717, 1.165) is 24.3 Å². The Morgan fingerprint density at radius 1 is 0.844 bits per heavy atom. The Kier molecular flexibility index (Phi) is 5.86.